The molecule has 132 valence electrons. The third kappa shape index (κ3) is 3.74. The predicted octanol–water partition coefficient (Wildman–Crippen LogP) is 2.98. The molecule has 0 spiro atoms. The maximum absolute atomic E-state index is 11.6. The van der Waals surface area contributed by atoms with Crippen molar-refractivity contribution in [2.24, 2.45) is 0 Å². The first-order chi connectivity index (χ1) is 11.9. The third-order valence-electron chi connectivity index (χ3n) is 4.22. The molecule has 25 heavy (non-hydrogen) atoms. The fourth-order valence-corrected chi connectivity index (χ4v) is 3.54. The monoisotopic (exact) mass is 362 g/mol. The summed E-state index contributed by atoms with van der Waals surface area (Å²) in [6.07, 6.45) is 1.83. The van der Waals surface area contributed by atoms with Gasteiger partial charge in [-0.3, -0.25) is 10.1 Å². The maximum atomic E-state index is 11.6. The molecule has 0 bridgehead atoms. The highest BCUT2D eigenvalue weighted by Gasteiger charge is 2.23. The highest BCUT2D eigenvalue weighted by molar-refractivity contribution is 7.90. The van der Waals surface area contributed by atoms with Crippen molar-refractivity contribution in [1.82, 2.24) is 0 Å². The first kappa shape index (κ1) is 17.2. The Morgan fingerprint density at radius 2 is 2.04 bits per heavy atom. The van der Waals surface area contributed by atoms with E-state index in [9.17, 15) is 18.5 Å². The molecule has 1 aliphatic heterocycles. The molecule has 3 rings (SSSR count). The minimum atomic E-state index is -3.50. The largest absolute Gasteiger partial charge is 0.493 e. The standard InChI is InChI=1S/C17H18N2O5S/c1-25(22,23)13-6-7-15(16(10-13)19(20)21)18-11-12-8-9-24-17-5-3-2-4-14(12)17/h2-7,10,12,18H,8-9,11H2,1H3. The Bertz CT molecular complexity index is 911. The topological polar surface area (TPSA) is 98.5 Å². The lowest BCUT2D eigenvalue weighted by Crippen LogP contribution is -2.21. The number of hydrogen-bond acceptors (Lipinski definition) is 6. The van der Waals surface area contributed by atoms with E-state index in [1.54, 1.807) is 0 Å². The van der Waals surface area contributed by atoms with Gasteiger partial charge < -0.3 is 10.1 Å². The number of ether oxygens (including phenoxy) is 1. The van der Waals surface area contributed by atoms with Crippen molar-refractivity contribution >= 4 is 21.2 Å². The molecule has 1 atom stereocenters. The lowest BCUT2D eigenvalue weighted by molar-refractivity contribution is -0.384. The summed E-state index contributed by atoms with van der Waals surface area (Å²) >= 11 is 0. The second-order valence-electron chi connectivity index (χ2n) is 5.96. The molecule has 8 heteroatoms. The van der Waals surface area contributed by atoms with Crippen LogP contribution in [0.2, 0.25) is 0 Å². The van der Waals surface area contributed by atoms with E-state index in [1.165, 1.54) is 12.1 Å². The molecular formula is C17H18N2O5S. The minimum Gasteiger partial charge on any atom is -0.493 e. The van der Waals surface area contributed by atoms with Crippen molar-refractivity contribution in [3.8, 4) is 5.75 Å². The minimum absolute atomic E-state index is 0.0684. The zero-order valence-corrected chi connectivity index (χ0v) is 14.5. The number of fused-ring (bicyclic) bond motifs is 1. The van der Waals surface area contributed by atoms with Crippen LogP contribution in [0.25, 0.3) is 0 Å². The molecular weight excluding hydrogens is 344 g/mol. The molecule has 7 nitrogen and oxygen atoms in total. The van der Waals surface area contributed by atoms with E-state index < -0.39 is 14.8 Å². The normalized spacial score (nSPS) is 16.6. The maximum Gasteiger partial charge on any atom is 0.293 e. The van der Waals surface area contributed by atoms with Crippen LogP contribution in [0.1, 0.15) is 17.9 Å². The average Bonchev–Trinajstić information content (AvgIpc) is 2.58. The van der Waals surface area contributed by atoms with Gasteiger partial charge in [0.05, 0.1) is 16.4 Å². The Hall–Kier alpha value is -2.61. The van der Waals surface area contributed by atoms with Gasteiger partial charge >= 0.3 is 0 Å². The van der Waals surface area contributed by atoms with Gasteiger partial charge in [-0.05, 0) is 30.2 Å². The fraction of sp³-hybridized carbons (Fsp3) is 0.294. The molecule has 0 aromatic heterocycles. The number of nitro benzene ring substituents is 1. The predicted molar refractivity (Wildman–Crippen MR) is 94.0 cm³/mol. The van der Waals surface area contributed by atoms with Gasteiger partial charge in [0, 0.05) is 24.8 Å². The SMILES string of the molecule is CS(=O)(=O)c1ccc(NCC2CCOc3ccccc32)c([N+](=O)[O-])c1. The van der Waals surface area contributed by atoms with Gasteiger partial charge in [-0.15, -0.1) is 0 Å². The highest BCUT2D eigenvalue weighted by atomic mass is 32.2. The van der Waals surface area contributed by atoms with Gasteiger partial charge in [0.25, 0.3) is 5.69 Å². The van der Waals surface area contributed by atoms with Crippen LogP contribution >= 0.6 is 0 Å². The lowest BCUT2D eigenvalue weighted by Gasteiger charge is -2.26. The highest BCUT2D eigenvalue weighted by Crippen LogP contribution is 2.34. The second-order valence-corrected chi connectivity index (χ2v) is 7.98. The van der Waals surface area contributed by atoms with Crippen LogP contribution in [0.3, 0.4) is 0 Å². The summed E-state index contributed by atoms with van der Waals surface area (Å²) in [5.74, 6) is 1.00. The number of nitrogens with one attached hydrogen (secondary N) is 1. The van der Waals surface area contributed by atoms with E-state index in [0.717, 1.165) is 30.1 Å². The molecule has 1 N–H and O–H groups in total. The molecule has 1 heterocycles. The van der Waals surface area contributed by atoms with E-state index in [2.05, 4.69) is 5.32 Å². The van der Waals surface area contributed by atoms with Crippen LogP contribution in [0.4, 0.5) is 11.4 Å². The van der Waals surface area contributed by atoms with Gasteiger partial charge in [-0.25, -0.2) is 8.42 Å². The number of para-hydroxylation sites is 1. The van der Waals surface area contributed by atoms with Crippen molar-refractivity contribution < 1.29 is 18.1 Å². The van der Waals surface area contributed by atoms with Crippen molar-refractivity contribution in [2.75, 3.05) is 24.7 Å². The summed E-state index contributed by atoms with van der Waals surface area (Å²) in [6.45, 7) is 1.10. The van der Waals surface area contributed by atoms with Crippen molar-refractivity contribution in [3.63, 3.8) is 0 Å². The lowest BCUT2D eigenvalue weighted by atomic mass is 9.93. The van der Waals surface area contributed by atoms with E-state index in [-0.39, 0.29) is 16.5 Å². The Kier molecular flexibility index (Phi) is 4.63. The zero-order valence-electron chi connectivity index (χ0n) is 13.6. The number of anilines is 1. The zero-order chi connectivity index (χ0) is 18.0. The first-order valence-electron chi connectivity index (χ1n) is 7.80. The fourth-order valence-electron chi connectivity index (χ4n) is 2.90. The Labute approximate surface area is 145 Å². The quantitative estimate of drug-likeness (QED) is 0.648. The molecule has 0 saturated heterocycles. The molecule has 1 aliphatic rings. The van der Waals surface area contributed by atoms with Gasteiger partial charge in [0.15, 0.2) is 9.84 Å². The summed E-state index contributed by atoms with van der Waals surface area (Å²) < 4.78 is 28.8. The summed E-state index contributed by atoms with van der Waals surface area (Å²) in [6, 6.07) is 11.7. The molecule has 0 amide bonds. The number of hydrogen-bond donors (Lipinski definition) is 1. The summed E-state index contributed by atoms with van der Waals surface area (Å²) in [7, 11) is -3.50. The van der Waals surface area contributed by atoms with Crippen LogP contribution in [0.15, 0.2) is 47.4 Å². The van der Waals surface area contributed by atoms with Crippen LogP contribution in [-0.4, -0.2) is 32.7 Å². The smallest absolute Gasteiger partial charge is 0.293 e. The van der Waals surface area contributed by atoms with E-state index in [1.807, 2.05) is 24.3 Å². The first-order valence-corrected chi connectivity index (χ1v) is 9.69. The van der Waals surface area contributed by atoms with E-state index >= 15 is 0 Å². The Morgan fingerprint density at radius 3 is 2.76 bits per heavy atom. The summed E-state index contributed by atoms with van der Waals surface area (Å²) in [4.78, 5) is 10.7. The number of sulfone groups is 1. The molecule has 1 unspecified atom stereocenters. The average molecular weight is 362 g/mol. The third-order valence-corrected chi connectivity index (χ3v) is 5.33. The van der Waals surface area contributed by atoms with Gasteiger partial charge in [-0.1, -0.05) is 18.2 Å². The molecule has 2 aromatic rings. The second kappa shape index (κ2) is 6.72. The van der Waals surface area contributed by atoms with Crippen molar-refractivity contribution in [2.45, 2.75) is 17.2 Å². The van der Waals surface area contributed by atoms with Crippen LogP contribution < -0.4 is 10.1 Å². The van der Waals surface area contributed by atoms with Crippen LogP contribution in [0, 0.1) is 10.1 Å². The Balaban J connectivity index is 1.83. The molecule has 2 aromatic carbocycles. The van der Waals surface area contributed by atoms with Crippen LogP contribution in [0.5, 0.6) is 5.75 Å². The van der Waals surface area contributed by atoms with Gasteiger partial charge in [-0.2, -0.15) is 0 Å². The van der Waals surface area contributed by atoms with Gasteiger partial charge in [0.2, 0.25) is 0 Å². The molecule has 0 fully saturated rings. The summed E-state index contributed by atoms with van der Waals surface area (Å²) in [5, 5.41) is 14.4. The number of rotatable bonds is 5. The summed E-state index contributed by atoms with van der Waals surface area (Å²) in [5.41, 5.74) is 1.13. The van der Waals surface area contributed by atoms with Crippen molar-refractivity contribution in [1.29, 1.82) is 0 Å². The number of nitrogens with zero attached hydrogens (tertiary/aromatic N) is 1. The Morgan fingerprint density at radius 1 is 1.28 bits per heavy atom. The molecule has 0 radical (unpaired) electrons. The van der Waals surface area contributed by atoms with E-state index in [0.29, 0.717) is 18.8 Å². The van der Waals surface area contributed by atoms with Crippen LogP contribution in [-0.2, 0) is 9.84 Å². The molecule has 0 saturated carbocycles. The van der Waals surface area contributed by atoms with Crippen molar-refractivity contribution in [3.05, 3.63) is 58.1 Å². The molecule has 0 aliphatic carbocycles. The van der Waals surface area contributed by atoms with Gasteiger partial charge in [0.1, 0.15) is 11.4 Å². The van der Waals surface area contributed by atoms with E-state index in [4.69, 9.17) is 4.74 Å². The number of benzene rings is 2. The number of nitro groups is 1.